The Balaban J connectivity index is 1.77. The summed E-state index contributed by atoms with van der Waals surface area (Å²) in [7, 11) is 0. The van der Waals surface area contributed by atoms with Crippen molar-refractivity contribution in [2.45, 2.75) is 20.0 Å². The van der Waals surface area contributed by atoms with Gasteiger partial charge in [0.1, 0.15) is 11.8 Å². The molecule has 136 valence electrons. The molecular weight excluding hydrogens is 342 g/mol. The average molecular weight is 363 g/mol. The highest BCUT2D eigenvalue weighted by Crippen LogP contribution is 2.28. The summed E-state index contributed by atoms with van der Waals surface area (Å²) in [6.07, 6.45) is 1.78. The quantitative estimate of drug-likeness (QED) is 0.462. The summed E-state index contributed by atoms with van der Waals surface area (Å²) >= 11 is 0. The van der Waals surface area contributed by atoms with Crippen molar-refractivity contribution in [2.75, 3.05) is 4.90 Å². The number of hydrogen-bond donors (Lipinski definition) is 0. The van der Waals surface area contributed by atoms with Gasteiger partial charge in [0.15, 0.2) is 0 Å². The number of hydrogen-bond acceptors (Lipinski definition) is 3. The number of aryl methyl sites for hydroxylation is 1. The standard InChI is InChI=1S/C25H21N3/c1-19-16-27-25(15-26)23-13-12-22(14-24(19)23)28(17-20-8-4-2-5-9-20)18-21-10-6-3-7-11-21/h2-14,16H,17-18H2,1H3. The zero-order valence-electron chi connectivity index (χ0n) is 15.8. The molecule has 0 aliphatic carbocycles. The molecule has 3 aromatic carbocycles. The third-order valence-electron chi connectivity index (χ3n) is 4.97. The molecule has 0 unspecified atom stereocenters. The minimum absolute atomic E-state index is 0.477. The lowest BCUT2D eigenvalue weighted by Crippen LogP contribution is -2.22. The molecular formula is C25H21N3. The van der Waals surface area contributed by atoms with Gasteiger partial charge in [-0.2, -0.15) is 5.26 Å². The van der Waals surface area contributed by atoms with E-state index in [1.165, 1.54) is 11.1 Å². The predicted octanol–water partition coefficient (Wildman–Crippen LogP) is 5.62. The van der Waals surface area contributed by atoms with Gasteiger partial charge in [-0.05, 0) is 47.2 Å². The molecule has 3 heteroatoms. The Morgan fingerprint density at radius 1 is 0.821 bits per heavy atom. The Labute approximate surface area is 165 Å². The monoisotopic (exact) mass is 363 g/mol. The summed E-state index contributed by atoms with van der Waals surface area (Å²) in [5, 5.41) is 11.4. The molecule has 0 N–H and O–H groups in total. The van der Waals surface area contributed by atoms with Crippen LogP contribution in [0.15, 0.2) is 85.1 Å². The van der Waals surface area contributed by atoms with Gasteiger partial charge in [0.2, 0.25) is 0 Å². The molecule has 0 bridgehead atoms. The number of pyridine rings is 1. The maximum Gasteiger partial charge on any atom is 0.148 e. The fraction of sp³-hybridized carbons (Fsp3) is 0.120. The molecule has 0 fully saturated rings. The van der Waals surface area contributed by atoms with Crippen molar-refractivity contribution in [3.63, 3.8) is 0 Å². The van der Waals surface area contributed by atoms with Crippen molar-refractivity contribution in [1.82, 2.24) is 4.98 Å². The van der Waals surface area contributed by atoms with E-state index < -0.39 is 0 Å². The van der Waals surface area contributed by atoms with Crippen molar-refractivity contribution >= 4 is 16.5 Å². The van der Waals surface area contributed by atoms with Crippen LogP contribution in [-0.4, -0.2) is 4.98 Å². The molecule has 1 aromatic heterocycles. The smallest absolute Gasteiger partial charge is 0.148 e. The number of rotatable bonds is 5. The molecule has 3 nitrogen and oxygen atoms in total. The number of benzene rings is 3. The van der Waals surface area contributed by atoms with Crippen LogP contribution in [-0.2, 0) is 13.1 Å². The fourth-order valence-electron chi connectivity index (χ4n) is 3.50. The third-order valence-corrected chi connectivity index (χ3v) is 4.97. The maximum atomic E-state index is 9.37. The van der Waals surface area contributed by atoms with E-state index in [0.717, 1.165) is 35.1 Å². The third kappa shape index (κ3) is 3.72. The topological polar surface area (TPSA) is 39.9 Å². The van der Waals surface area contributed by atoms with Gasteiger partial charge in [-0.25, -0.2) is 4.98 Å². The summed E-state index contributed by atoms with van der Waals surface area (Å²) in [5.41, 5.74) is 5.23. The summed E-state index contributed by atoms with van der Waals surface area (Å²) in [4.78, 5) is 6.63. The lowest BCUT2D eigenvalue weighted by Gasteiger charge is -2.26. The largest absolute Gasteiger partial charge is 0.363 e. The minimum Gasteiger partial charge on any atom is -0.363 e. The number of fused-ring (bicyclic) bond motifs is 1. The van der Waals surface area contributed by atoms with Crippen molar-refractivity contribution in [3.05, 3.63) is 107 Å². The van der Waals surface area contributed by atoms with Crippen molar-refractivity contribution in [3.8, 4) is 6.07 Å². The van der Waals surface area contributed by atoms with Gasteiger partial charge in [0, 0.05) is 30.4 Å². The molecule has 0 aliphatic rings. The SMILES string of the molecule is Cc1cnc(C#N)c2ccc(N(Cc3ccccc3)Cc3ccccc3)cc12. The van der Waals surface area contributed by atoms with Crippen LogP contribution < -0.4 is 4.90 Å². The van der Waals surface area contributed by atoms with Crippen molar-refractivity contribution in [2.24, 2.45) is 0 Å². The highest BCUT2D eigenvalue weighted by Gasteiger charge is 2.12. The first-order chi connectivity index (χ1) is 13.7. The first-order valence-corrected chi connectivity index (χ1v) is 9.37. The molecule has 1 heterocycles. The highest BCUT2D eigenvalue weighted by atomic mass is 15.1. The van der Waals surface area contributed by atoms with Crippen LogP contribution in [0.5, 0.6) is 0 Å². The molecule has 0 saturated carbocycles. The Hall–Kier alpha value is -3.64. The van der Waals surface area contributed by atoms with E-state index in [1.807, 2.05) is 25.1 Å². The lowest BCUT2D eigenvalue weighted by molar-refractivity contribution is 0.800. The number of nitriles is 1. The van der Waals surface area contributed by atoms with E-state index in [1.54, 1.807) is 6.20 Å². The number of nitrogens with zero attached hydrogens (tertiary/aromatic N) is 3. The Morgan fingerprint density at radius 2 is 1.43 bits per heavy atom. The zero-order chi connectivity index (χ0) is 19.3. The Kier molecular flexibility index (Phi) is 5.03. The molecule has 4 rings (SSSR count). The minimum atomic E-state index is 0.477. The van der Waals surface area contributed by atoms with Crippen LogP contribution in [0.1, 0.15) is 22.4 Å². The Bertz CT molecular complexity index is 1090. The summed E-state index contributed by atoms with van der Waals surface area (Å²) in [6.45, 7) is 3.67. The fourth-order valence-corrected chi connectivity index (χ4v) is 3.50. The van der Waals surface area contributed by atoms with Crippen LogP contribution in [0, 0.1) is 18.3 Å². The molecule has 4 aromatic rings. The molecule has 0 spiro atoms. The van der Waals surface area contributed by atoms with E-state index in [2.05, 4.69) is 76.6 Å². The van der Waals surface area contributed by atoms with Gasteiger partial charge < -0.3 is 4.90 Å². The normalized spacial score (nSPS) is 10.6. The van der Waals surface area contributed by atoms with E-state index in [0.29, 0.717) is 5.69 Å². The molecule has 0 radical (unpaired) electrons. The van der Waals surface area contributed by atoms with Crippen molar-refractivity contribution < 1.29 is 0 Å². The van der Waals surface area contributed by atoms with E-state index >= 15 is 0 Å². The molecule has 0 saturated heterocycles. The summed E-state index contributed by atoms with van der Waals surface area (Å²) in [6, 6.07) is 29.5. The van der Waals surface area contributed by atoms with Gasteiger partial charge in [-0.1, -0.05) is 60.7 Å². The highest BCUT2D eigenvalue weighted by molar-refractivity contribution is 5.91. The van der Waals surface area contributed by atoms with Gasteiger partial charge in [-0.3, -0.25) is 0 Å². The van der Waals surface area contributed by atoms with Crippen LogP contribution in [0.25, 0.3) is 10.8 Å². The van der Waals surface area contributed by atoms with E-state index in [4.69, 9.17) is 0 Å². The predicted molar refractivity (Wildman–Crippen MR) is 114 cm³/mol. The second-order valence-electron chi connectivity index (χ2n) is 6.96. The molecule has 0 aliphatic heterocycles. The second-order valence-corrected chi connectivity index (χ2v) is 6.96. The zero-order valence-corrected chi connectivity index (χ0v) is 15.8. The number of anilines is 1. The van der Waals surface area contributed by atoms with Gasteiger partial charge in [0.05, 0.1) is 0 Å². The van der Waals surface area contributed by atoms with Crippen molar-refractivity contribution in [1.29, 1.82) is 5.26 Å². The lowest BCUT2D eigenvalue weighted by atomic mass is 10.0. The second kappa shape index (κ2) is 7.94. The first-order valence-electron chi connectivity index (χ1n) is 9.37. The van der Waals surface area contributed by atoms with Crippen LogP contribution in [0.4, 0.5) is 5.69 Å². The summed E-state index contributed by atoms with van der Waals surface area (Å²) < 4.78 is 0. The molecule has 0 atom stereocenters. The van der Waals surface area contributed by atoms with Crippen LogP contribution in [0.2, 0.25) is 0 Å². The molecule has 0 amide bonds. The van der Waals surface area contributed by atoms with Crippen LogP contribution in [0.3, 0.4) is 0 Å². The Morgan fingerprint density at radius 3 is 2.00 bits per heavy atom. The van der Waals surface area contributed by atoms with Gasteiger partial charge in [0.25, 0.3) is 0 Å². The van der Waals surface area contributed by atoms with E-state index in [-0.39, 0.29) is 0 Å². The average Bonchev–Trinajstić information content (AvgIpc) is 2.75. The van der Waals surface area contributed by atoms with Gasteiger partial charge in [-0.15, -0.1) is 0 Å². The number of aromatic nitrogens is 1. The summed E-state index contributed by atoms with van der Waals surface area (Å²) in [5.74, 6) is 0. The van der Waals surface area contributed by atoms with E-state index in [9.17, 15) is 5.26 Å². The maximum absolute atomic E-state index is 9.37. The van der Waals surface area contributed by atoms with Crippen LogP contribution >= 0.6 is 0 Å². The molecule has 28 heavy (non-hydrogen) atoms. The first kappa shape index (κ1) is 17.8. The van der Waals surface area contributed by atoms with Gasteiger partial charge >= 0.3 is 0 Å².